The lowest BCUT2D eigenvalue weighted by molar-refractivity contribution is 0.0616. The second-order valence-corrected chi connectivity index (χ2v) is 8.06. The van der Waals surface area contributed by atoms with E-state index in [4.69, 9.17) is 14.0 Å². The molecule has 0 spiro atoms. The van der Waals surface area contributed by atoms with E-state index in [1.165, 1.54) is 11.1 Å². The fourth-order valence-electron chi connectivity index (χ4n) is 3.94. The van der Waals surface area contributed by atoms with E-state index in [0.717, 1.165) is 19.6 Å². The van der Waals surface area contributed by atoms with Gasteiger partial charge in [-0.3, -0.25) is 9.69 Å². The van der Waals surface area contributed by atoms with Crippen LogP contribution in [0.1, 0.15) is 32.9 Å². The Morgan fingerprint density at radius 3 is 2.50 bits per heavy atom. The minimum absolute atomic E-state index is 0.115. The molecule has 2 heterocycles. The van der Waals surface area contributed by atoms with Gasteiger partial charge in [-0.15, -0.1) is 0 Å². The van der Waals surface area contributed by atoms with Crippen molar-refractivity contribution in [3.05, 3.63) is 76.7 Å². The molecule has 0 saturated carbocycles. The van der Waals surface area contributed by atoms with Crippen molar-refractivity contribution in [1.29, 1.82) is 0 Å². The summed E-state index contributed by atoms with van der Waals surface area (Å²) in [6.45, 7) is 7.94. The molecule has 0 radical (unpaired) electrons. The van der Waals surface area contributed by atoms with Crippen molar-refractivity contribution in [2.75, 3.05) is 33.3 Å². The molecule has 7 nitrogen and oxygen atoms in total. The summed E-state index contributed by atoms with van der Waals surface area (Å²) in [7, 11) is 1.60. The van der Waals surface area contributed by atoms with Crippen molar-refractivity contribution in [2.24, 2.45) is 0 Å². The van der Waals surface area contributed by atoms with E-state index in [-0.39, 0.29) is 12.5 Å². The summed E-state index contributed by atoms with van der Waals surface area (Å²) in [6.07, 6.45) is 0. The maximum atomic E-state index is 13.2. The molecule has 1 amide bonds. The molecule has 0 N–H and O–H groups in total. The van der Waals surface area contributed by atoms with Crippen LogP contribution in [0.2, 0.25) is 0 Å². The van der Waals surface area contributed by atoms with E-state index in [1.54, 1.807) is 14.0 Å². The van der Waals surface area contributed by atoms with Crippen LogP contribution in [0.5, 0.6) is 11.5 Å². The van der Waals surface area contributed by atoms with Crippen molar-refractivity contribution < 1.29 is 18.8 Å². The molecule has 2 aromatic carbocycles. The van der Waals surface area contributed by atoms with E-state index in [1.807, 2.05) is 29.2 Å². The number of aromatic nitrogens is 1. The molecule has 4 rings (SSSR count). The Labute approximate surface area is 188 Å². The van der Waals surface area contributed by atoms with Gasteiger partial charge in [-0.1, -0.05) is 47.1 Å². The molecular weight excluding hydrogens is 406 g/mol. The Morgan fingerprint density at radius 1 is 1.03 bits per heavy atom. The predicted molar refractivity (Wildman–Crippen MR) is 121 cm³/mol. The smallest absolute Gasteiger partial charge is 0.276 e. The summed E-state index contributed by atoms with van der Waals surface area (Å²) >= 11 is 0. The molecule has 1 aromatic heterocycles. The molecule has 32 heavy (non-hydrogen) atoms. The van der Waals surface area contributed by atoms with Gasteiger partial charge in [-0.25, -0.2) is 0 Å². The number of amides is 1. The number of hydrogen-bond donors (Lipinski definition) is 0. The number of ether oxygens (including phenoxy) is 2. The molecule has 168 valence electrons. The van der Waals surface area contributed by atoms with Gasteiger partial charge in [0.25, 0.3) is 5.91 Å². The van der Waals surface area contributed by atoms with Crippen LogP contribution >= 0.6 is 0 Å². The van der Waals surface area contributed by atoms with Crippen LogP contribution in [0.4, 0.5) is 0 Å². The summed E-state index contributed by atoms with van der Waals surface area (Å²) < 4.78 is 16.6. The van der Waals surface area contributed by atoms with E-state index in [2.05, 4.69) is 41.2 Å². The maximum absolute atomic E-state index is 13.2. The number of nitrogens with zero attached hydrogens (tertiary/aromatic N) is 3. The number of carbonyl (C=O) groups is 1. The van der Waals surface area contributed by atoms with Crippen molar-refractivity contribution >= 4 is 5.91 Å². The van der Waals surface area contributed by atoms with Gasteiger partial charge in [0.1, 0.15) is 12.4 Å². The van der Waals surface area contributed by atoms with Crippen molar-refractivity contribution in [3.63, 3.8) is 0 Å². The van der Waals surface area contributed by atoms with Crippen LogP contribution in [0.3, 0.4) is 0 Å². The SMILES string of the molecule is COc1ccccc1OCc1c(C(=O)N2CCN(Cc3cccc(C)c3)CC2)noc1C. The van der Waals surface area contributed by atoms with Crippen molar-refractivity contribution in [2.45, 2.75) is 27.0 Å². The largest absolute Gasteiger partial charge is 0.493 e. The van der Waals surface area contributed by atoms with Gasteiger partial charge in [0.2, 0.25) is 0 Å². The molecule has 3 aromatic rings. The third-order valence-electron chi connectivity index (χ3n) is 5.78. The Bertz CT molecular complexity index is 1070. The zero-order chi connectivity index (χ0) is 22.5. The van der Waals surface area contributed by atoms with E-state index in [9.17, 15) is 4.79 Å². The normalized spacial score (nSPS) is 14.4. The zero-order valence-electron chi connectivity index (χ0n) is 18.8. The fourth-order valence-corrected chi connectivity index (χ4v) is 3.94. The van der Waals surface area contributed by atoms with Gasteiger partial charge in [0, 0.05) is 32.7 Å². The average molecular weight is 436 g/mol. The van der Waals surface area contributed by atoms with Gasteiger partial charge >= 0.3 is 0 Å². The third-order valence-corrected chi connectivity index (χ3v) is 5.78. The monoisotopic (exact) mass is 435 g/mol. The van der Waals surface area contributed by atoms with Crippen LogP contribution in [0.25, 0.3) is 0 Å². The van der Waals surface area contributed by atoms with Crippen LogP contribution in [0.15, 0.2) is 53.1 Å². The Balaban J connectivity index is 1.38. The number of benzene rings is 2. The first-order chi connectivity index (χ1) is 15.5. The number of methoxy groups -OCH3 is 1. The standard InChI is InChI=1S/C25H29N3O4/c1-18-7-6-8-20(15-18)16-27-11-13-28(14-12-27)25(29)24-21(19(2)32-26-24)17-31-23-10-5-4-9-22(23)30-3/h4-10,15H,11-14,16-17H2,1-3H3. The quantitative estimate of drug-likeness (QED) is 0.562. The predicted octanol–water partition coefficient (Wildman–Crippen LogP) is 3.84. The number of carbonyl (C=O) groups excluding carboxylic acids is 1. The highest BCUT2D eigenvalue weighted by Crippen LogP contribution is 2.28. The third kappa shape index (κ3) is 4.94. The molecule has 7 heteroatoms. The molecular formula is C25H29N3O4. The first-order valence-corrected chi connectivity index (χ1v) is 10.8. The molecule has 1 fully saturated rings. The number of aryl methyl sites for hydroxylation is 2. The molecule has 1 aliphatic rings. The molecule has 1 aliphatic heterocycles. The second-order valence-electron chi connectivity index (χ2n) is 8.06. The van der Waals surface area contributed by atoms with Crippen LogP contribution < -0.4 is 9.47 Å². The van der Waals surface area contributed by atoms with E-state index < -0.39 is 0 Å². The zero-order valence-corrected chi connectivity index (χ0v) is 18.8. The van der Waals surface area contributed by atoms with Gasteiger partial charge in [-0.2, -0.15) is 0 Å². The first kappa shape index (κ1) is 21.9. The molecule has 0 aliphatic carbocycles. The number of piperazine rings is 1. The molecule has 0 atom stereocenters. The second kappa shape index (κ2) is 9.87. The molecule has 1 saturated heterocycles. The number of rotatable bonds is 7. The number of hydrogen-bond acceptors (Lipinski definition) is 6. The van der Waals surface area contributed by atoms with Gasteiger partial charge in [0.15, 0.2) is 17.2 Å². The summed E-state index contributed by atoms with van der Waals surface area (Å²) in [6, 6.07) is 16.0. The highest BCUT2D eigenvalue weighted by molar-refractivity contribution is 5.93. The van der Waals surface area contributed by atoms with Gasteiger partial charge in [-0.05, 0) is 31.5 Å². The Kier molecular flexibility index (Phi) is 6.75. The van der Waals surface area contributed by atoms with Crippen molar-refractivity contribution in [3.8, 4) is 11.5 Å². The number of para-hydroxylation sites is 2. The minimum Gasteiger partial charge on any atom is -0.493 e. The van der Waals surface area contributed by atoms with Crippen LogP contribution in [-0.4, -0.2) is 54.2 Å². The Hall–Kier alpha value is -3.32. The summed E-state index contributed by atoms with van der Waals surface area (Å²) in [5.74, 6) is 1.72. The van der Waals surface area contributed by atoms with Gasteiger partial charge in [0.05, 0.1) is 12.7 Å². The molecule has 0 unspecified atom stereocenters. The lowest BCUT2D eigenvalue weighted by atomic mass is 10.1. The minimum atomic E-state index is -0.115. The average Bonchev–Trinajstić information content (AvgIpc) is 3.18. The van der Waals surface area contributed by atoms with Crippen molar-refractivity contribution in [1.82, 2.24) is 15.0 Å². The van der Waals surface area contributed by atoms with Crippen LogP contribution in [0, 0.1) is 13.8 Å². The lowest BCUT2D eigenvalue weighted by Gasteiger charge is -2.34. The highest BCUT2D eigenvalue weighted by atomic mass is 16.5. The van der Waals surface area contributed by atoms with Crippen LogP contribution in [-0.2, 0) is 13.2 Å². The topological polar surface area (TPSA) is 68.0 Å². The summed E-state index contributed by atoms with van der Waals surface area (Å²) in [5.41, 5.74) is 3.56. The first-order valence-electron chi connectivity index (χ1n) is 10.8. The van der Waals surface area contributed by atoms with E-state index >= 15 is 0 Å². The summed E-state index contributed by atoms with van der Waals surface area (Å²) in [4.78, 5) is 17.4. The van der Waals surface area contributed by atoms with Gasteiger partial charge < -0.3 is 18.9 Å². The maximum Gasteiger partial charge on any atom is 0.276 e. The van der Waals surface area contributed by atoms with E-state index in [0.29, 0.717) is 41.6 Å². The highest BCUT2D eigenvalue weighted by Gasteiger charge is 2.28. The summed E-state index contributed by atoms with van der Waals surface area (Å²) in [5, 5.41) is 4.05. The fraction of sp³-hybridized carbons (Fsp3) is 0.360. The molecule has 0 bridgehead atoms. The lowest BCUT2D eigenvalue weighted by Crippen LogP contribution is -2.48. The Morgan fingerprint density at radius 2 is 1.78 bits per heavy atom.